The van der Waals surface area contributed by atoms with Crippen LogP contribution in [0.25, 0.3) is 0 Å². The number of sulfonamides is 1. The van der Waals surface area contributed by atoms with Crippen molar-refractivity contribution in [3.63, 3.8) is 0 Å². The minimum atomic E-state index is -3.40. The molecule has 0 unspecified atom stereocenters. The van der Waals surface area contributed by atoms with Crippen molar-refractivity contribution in [2.24, 2.45) is 0 Å². The summed E-state index contributed by atoms with van der Waals surface area (Å²) in [6.07, 6.45) is 1.06. The number of hydrogen-bond donors (Lipinski definition) is 2. The van der Waals surface area contributed by atoms with E-state index < -0.39 is 15.9 Å². The Morgan fingerprint density at radius 2 is 1.74 bits per heavy atom. The molecule has 0 aliphatic heterocycles. The number of benzene rings is 2. The molecule has 3 rings (SSSR count). The molecule has 8 heteroatoms. The third kappa shape index (κ3) is 5.61. The summed E-state index contributed by atoms with van der Waals surface area (Å²) in [5, 5.41) is 2.66. The van der Waals surface area contributed by atoms with E-state index in [1.165, 1.54) is 6.07 Å². The van der Waals surface area contributed by atoms with E-state index in [-0.39, 0.29) is 12.4 Å². The number of rotatable bonds is 7. The monoisotopic (exact) mass is 386 g/mol. The number of hydrogen-bond acceptors (Lipinski definition) is 5. The highest BCUT2D eigenvalue weighted by Gasteiger charge is 2.12. The molecule has 0 aliphatic carbocycles. The second-order valence-electron chi connectivity index (χ2n) is 5.78. The van der Waals surface area contributed by atoms with Gasteiger partial charge in [-0.3, -0.25) is 9.52 Å². The van der Waals surface area contributed by atoms with Crippen LogP contribution in [0.4, 0.5) is 11.4 Å². The van der Waals surface area contributed by atoms with Crippen LogP contribution >= 0.6 is 0 Å². The maximum Gasteiger partial charge on any atom is 0.291 e. The quantitative estimate of drug-likeness (QED) is 0.648. The van der Waals surface area contributed by atoms with Gasteiger partial charge in [0.15, 0.2) is 5.76 Å². The summed E-state index contributed by atoms with van der Waals surface area (Å²) >= 11 is 0. The van der Waals surface area contributed by atoms with Gasteiger partial charge in [-0.1, -0.05) is 24.3 Å². The van der Waals surface area contributed by atoms with E-state index in [9.17, 15) is 13.2 Å². The Morgan fingerprint density at radius 3 is 2.48 bits per heavy atom. The second-order valence-corrected chi connectivity index (χ2v) is 7.53. The first kappa shape index (κ1) is 18.5. The van der Waals surface area contributed by atoms with Crippen LogP contribution in [0.3, 0.4) is 0 Å². The number of amides is 1. The summed E-state index contributed by atoms with van der Waals surface area (Å²) < 4.78 is 36.0. The maximum absolute atomic E-state index is 12.3. The molecule has 0 radical (unpaired) electrons. The van der Waals surface area contributed by atoms with Crippen molar-refractivity contribution in [1.82, 2.24) is 0 Å². The molecule has 0 bridgehead atoms. The van der Waals surface area contributed by atoms with Crippen molar-refractivity contribution < 1.29 is 22.4 Å². The van der Waals surface area contributed by atoms with Crippen LogP contribution in [-0.2, 0) is 16.6 Å². The molecule has 2 aromatic carbocycles. The zero-order valence-corrected chi connectivity index (χ0v) is 15.3. The molecule has 27 heavy (non-hydrogen) atoms. The molecule has 7 nitrogen and oxygen atoms in total. The van der Waals surface area contributed by atoms with E-state index in [0.29, 0.717) is 22.9 Å². The average Bonchev–Trinajstić information content (AvgIpc) is 3.09. The van der Waals surface area contributed by atoms with Gasteiger partial charge < -0.3 is 14.5 Å². The van der Waals surface area contributed by atoms with E-state index >= 15 is 0 Å². The number of para-hydroxylation sites is 1. The summed E-state index contributed by atoms with van der Waals surface area (Å²) in [6, 6.07) is 18.9. The van der Waals surface area contributed by atoms with Crippen LogP contribution in [0.5, 0.6) is 5.75 Å². The molecule has 1 amide bonds. The smallest absolute Gasteiger partial charge is 0.291 e. The van der Waals surface area contributed by atoms with Gasteiger partial charge in [0.1, 0.15) is 18.1 Å². The molecule has 0 saturated heterocycles. The van der Waals surface area contributed by atoms with Gasteiger partial charge >= 0.3 is 0 Å². The predicted octanol–water partition coefficient (Wildman–Crippen LogP) is 3.48. The van der Waals surface area contributed by atoms with Gasteiger partial charge in [-0.25, -0.2) is 8.42 Å². The fourth-order valence-electron chi connectivity index (χ4n) is 2.32. The van der Waals surface area contributed by atoms with Crippen LogP contribution in [0.1, 0.15) is 16.3 Å². The Kier molecular flexibility index (Phi) is 5.46. The number of nitrogens with one attached hydrogen (secondary N) is 2. The number of furan rings is 1. The van der Waals surface area contributed by atoms with Gasteiger partial charge in [0.25, 0.3) is 5.91 Å². The minimum Gasteiger partial charge on any atom is -0.486 e. The van der Waals surface area contributed by atoms with Crippen molar-refractivity contribution in [2.45, 2.75) is 6.61 Å². The van der Waals surface area contributed by atoms with Crippen LogP contribution in [0.15, 0.2) is 71.1 Å². The van der Waals surface area contributed by atoms with Crippen molar-refractivity contribution in [3.8, 4) is 5.75 Å². The van der Waals surface area contributed by atoms with Gasteiger partial charge in [-0.2, -0.15) is 0 Å². The molecule has 1 heterocycles. The fourth-order valence-corrected chi connectivity index (χ4v) is 2.87. The zero-order chi connectivity index (χ0) is 19.3. The Balaban J connectivity index is 1.62. The van der Waals surface area contributed by atoms with Gasteiger partial charge in [0, 0.05) is 5.69 Å². The topological polar surface area (TPSA) is 97.6 Å². The van der Waals surface area contributed by atoms with Crippen LogP contribution in [0.2, 0.25) is 0 Å². The number of carbonyl (C=O) groups is 1. The van der Waals surface area contributed by atoms with Crippen molar-refractivity contribution >= 4 is 27.3 Å². The lowest BCUT2D eigenvalue weighted by atomic mass is 10.3. The highest BCUT2D eigenvalue weighted by atomic mass is 32.2. The fraction of sp³-hybridized carbons (Fsp3) is 0.105. The number of anilines is 2. The molecular weight excluding hydrogens is 368 g/mol. The van der Waals surface area contributed by atoms with Gasteiger partial charge in [-0.15, -0.1) is 0 Å². The van der Waals surface area contributed by atoms with Gasteiger partial charge in [-0.05, 0) is 42.5 Å². The molecule has 3 aromatic rings. The van der Waals surface area contributed by atoms with Crippen molar-refractivity contribution in [3.05, 3.63) is 78.3 Å². The molecule has 0 fully saturated rings. The molecule has 0 saturated carbocycles. The molecule has 1 aromatic heterocycles. The van der Waals surface area contributed by atoms with E-state index in [0.717, 1.165) is 6.26 Å². The van der Waals surface area contributed by atoms with Crippen LogP contribution in [0, 0.1) is 0 Å². The van der Waals surface area contributed by atoms with Crippen LogP contribution in [-0.4, -0.2) is 20.6 Å². The summed E-state index contributed by atoms with van der Waals surface area (Å²) in [4.78, 5) is 12.3. The zero-order valence-electron chi connectivity index (χ0n) is 14.5. The average molecular weight is 386 g/mol. The molecular formula is C19H18N2O5S. The van der Waals surface area contributed by atoms with E-state index in [4.69, 9.17) is 9.15 Å². The van der Waals surface area contributed by atoms with Crippen LogP contribution < -0.4 is 14.8 Å². The number of carbonyl (C=O) groups excluding carboxylic acids is 1. The van der Waals surface area contributed by atoms with Crippen molar-refractivity contribution in [2.75, 3.05) is 16.3 Å². The molecule has 0 atom stereocenters. The lowest BCUT2D eigenvalue weighted by molar-refractivity contribution is 0.0992. The van der Waals surface area contributed by atoms with E-state index in [1.807, 2.05) is 30.3 Å². The van der Waals surface area contributed by atoms with E-state index in [2.05, 4.69) is 10.0 Å². The second kappa shape index (κ2) is 7.96. The third-order valence-electron chi connectivity index (χ3n) is 3.43. The largest absolute Gasteiger partial charge is 0.486 e. The molecule has 0 spiro atoms. The first-order valence-electron chi connectivity index (χ1n) is 8.05. The molecule has 140 valence electrons. The number of ether oxygens (including phenoxy) is 1. The van der Waals surface area contributed by atoms with E-state index in [1.54, 1.807) is 30.3 Å². The maximum atomic E-state index is 12.3. The first-order valence-corrected chi connectivity index (χ1v) is 9.94. The summed E-state index contributed by atoms with van der Waals surface area (Å²) in [5.41, 5.74) is 0.791. The predicted molar refractivity (Wildman–Crippen MR) is 102 cm³/mol. The lowest BCUT2D eigenvalue weighted by Gasteiger charge is -2.07. The highest BCUT2D eigenvalue weighted by molar-refractivity contribution is 7.92. The highest BCUT2D eigenvalue weighted by Crippen LogP contribution is 2.18. The Hall–Kier alpha value is -3.26. The SMILES string of the molecule is CS(=O)(=O)Nc1cccc(NC(=O)c2ccc(COc3ccccc3)o2)c1. The lowest BCUT2D eigenvalue weighted by Crippen LogP contribution is -2.12. The normalized spacial score (nSPS) is 11.0. The van der Waals surface area contributed by atoms with Gasteiger partial charge in [0.2, 0.25) is 10.0 Å². The first-order chi connectivity index (χ1) is 12.9. The minimum absolute atomic E-state index is 0.128. The van der Waals surface area contributed by atoms with Gasteiger partial charge in [0.05, 0.1) is 11.9 Å². The third-order valence-corrected chi connectivity index (χ3v) is 4.04. The summed E-state index contributed by atoms with van der Waals surface area (Å²) in [5.74, 6) is 0.896. The molecule has 2 N–H and O–H groups in total. The standard InChI is InChI=1S/C19H18N2O5S/c1-27(23,24)21-15-7-5-6-14(12-15)20-19(22)18-11-10-17(26-18)13-25-16-8-3-2-4-9-16/h2-12,21H,13H2,1H3,(H,20,22). The molecule has 0 aliphatic rings. The van der Waals surface area contributed by atoms with Crippen molar-refractivity contribution in [1.29, 1.82) is 0 Å². The Labute approximate surface area is 157 Å². The summed E-state index contributed by atoms with van der Waals surface area (Å²) in [7, 11) is -3.40. The Morgan fingerprint density at radius 1 is 1.00 bits per heavy atom. The Bertz CT molecular complexity index is 1030. The summed E-state index contributed by atoms with van der Waals surface area (Å²) in [6.45, 7) is 0.199.